The summed E-state index contributed by atoms with van der Waals surface area (Å²) >= 11 is 12.4. The Hall–Kier alpha value is -3.32. The molecule has 1 N–H and O–H groups in total. The number of ketones is 1. The number of aryl methyl sites for hydroxylation is 1. The van der Waals surface area contributed by atoms with Crippen LogP contribution in [0.5, 0.6) is 5.75 Å². The van der Waals surface area contributed by atoms with Crippen molar-refractivity contribution in [3.8, 4) is 5.75 Å². The Bertz CT molecular complexity index is 1360. The summed E-state index contributed by atoms with van der Waals surface area (Å²) in [5.74, 6) is -1.02. The molecule has 1 amide bonds. The van der Waals surface area contributed by atoms with Crippen molar-refractivity contribution in [3.63, 3.8) is 0 Å². The molecule has 0 bridgehead atoms. The SMILES string of the molecule is Cc1cc(OCc2ccccc2)ccc1C(O)=C1C(=O)C(=O)N(CCN(C)C)[C@H]1c1ccc(Cl)c(Cl)c1. The Morgan fingerprint density at radius 2 is 1.73 bits per heavy atom. The lowest BCUT2D eigenvalue weighted by molar-refractivity contribution is -0.140. The minimum Gasteiger partial charge on any atom is -0.507 e. The summed E-state index contributed by atoms with van der Waals surface area (Å²) in [5.41, 5.74) is 2.79. The summed E-state index contributed by atoms with van der Waals surface area (Å²) in [6, 6.07) is 19.2. The first kappa shape index (κ1) is 26.7. The molecule has 0 aromatic heterocycles. The highest BCUT2D eigenvalue weighted by Gasteiger charge is 2.46. The number of carbonyl (C=O) groups excluding carboxylic acids is 2. The van der Waals surface area contributed by atoms with E-state index in [1.165, 1.54) is 4.90 Å². The summed E-state index contributed by atoms with van der Waals surface area (Å²) in [6.07, 6.45) is 0. The molecule has 3 aromatic rings. The number of likely N-dealkylation sites (tertiary alicyclic amines) is 1. The van der Waals surface area contributed by atoms with Crippen LogP contribution in [0.3, 0.4) is 0 Å². The van der Waals surface area contributed by atoms with Gasteiger partial charge in [-0.25, -0.2) is 0 Å². The zero-order valence-electron chi connectivity index (χ0n) is 20.9. The third kappa shape index (κ3) is 5.82. The van der Waals surface area contributed by atoms with E-state index < -0.39 is 17.7 Å². The highest BCUT2D eigenvalue weighted by atomic mass is 35.5. The van der Waals surface area contributed by atoms with E-state index in [9.17, 15) is 14.7 Å². The number of ether oxygens (including phenoxy) is 1. The first-order chi connectivity index (χ1) is 17.7. The van der Waals surface area contributed by atoms with Crippen LogP contribution in [0.4, 0.5) is 0 Å². The fraction of sp³-hybridized carbons (Fsp3) is 0.241. The average Bonchev–Trinajstić information content (AvgIpc) is 3.13. The predicted octanol–water partition coefficient (Wildman–Crippen LogP) is 5.86. The molecule has 1 aliphatic rings. The highest BCUT2D eigenvalue weighted by molar-refractivity contribution is 6.47. The van der Waals surface area contributed by atoms with Crippen molar-refractivity contribution in [3.05, 3.63) is 105 Å². The number of nitrogens with zero attached hydrogens (tertiary/aromatic N) is 2. The number of aliphatic hydroxyl groups is 1. The Morgan fingerprint density at radius 1 is 1.00 bits per heavy atom. The van der Waals surface area contributed by atoms with E-state index in [1.54, 1.807) is 36.4 Å². The molecular formula is C29H28Cl2N2O4. The number of hydrogen-bond acceptors (Lipinski definition) is 5. The second-order valence-electron chi connectivity index (χ2n) is 9.22. The average molecular weight is 539 g/mol. The molecule has 1 fully saturated rings. The van der Waals surface area contributed by atoms with Gasteiger partial charge in [0.15, 0.2) is 0 Å². The molecular weight excluding hydrogens is 511 g/mol. The van der Waals surface area contributed by atoms with Crippen molar-refractivity contribution < 1.29 is 19.4 Å². The number of Topliss-reactive ketones (excluding diaryl/α,β-unsaturated/α-hetero) is 1. The van der Waals surface area contributed by atoms with Gasteiger partial charge in [-0.1, -0.05) is 59.6 Å². The first-order valence-corrected chi connectivity index (χ1v) is 12.6. The third-order valence-electron chi connectivity index (χ3n) is 6.29. The smallest absolute Gasteiger partial charge is 0.295 e. The molecule has 1 aliphatic heterocycles. The number of amides is 1. The molecule has 0 radical (unpaired) electrons. The van der Waals surface area contributed by atoms with Crippen molar-refractivity contribution in [2.45, 2.75) is 19.6 Å². The van der Waals surface area contributed by atoms with Gasteiger partial charge < -0.3 is 19.6 Å². The van der Waals surface area contributed by atoms with Gasteiger partial charge in [-0.15, -0.1) is 0 Å². The van der Waals surface area contributed by atoms with E-state index in [2.05, 4.69) is 0 Å². The fourth-order valence-electron chi connectivity index (χ4n) is 4.33. The van der Waals surface area contributed by atoms with Crippen LogP contribution < -0.4 is 4.74 Å². The molecule has 8 heteroatoms. The van der Waals surface area contributed by atoms with E-state index in [1.807, 2.05) is 56.3 Å². The molecule has 37 heavy (non-hydrogen) atoms. The standard InChI is InChI=1S/C29H28Cl2N2O4/c1-18-15-21(37-17-19-7-5-4-6-8-19)10-11-22(18)27(34)25-26(20-9-12-23(30)24(31)16-20)33(14-13-32(2)3)29(36)28(25)35/h4-12,15-16,26,34H,13-14,17H2,1-3H3/t26-/m0/s1. The van der Waals surface area contributed by atoms with Crippen LogP contribution in [-0.4, -0.2) is 53.8 Å². The Labute approximate surface area is 226 Å². The van der Waals surface area contributed by atoms with Crippen molar-refractivity contribution in [2.75, 3.05) is 27.2 Å². The minimum absolute atomic E-state index is 0.0169. The zero-order chi connectivity index (χ0) is 26.7. The zero-order valence-corrected chi connectivity index (χ0v) is 22.4. The Balaban J connectivity index is 1.72. The van der Waals surface area contributed by atoms with Crippen molar-refractivity contribution in [2.24, 2.45) is 0 Å². The fourth-order valence-corrected chi connectivity index (χ4v) is 4.63. The van der Waals surface area contributed by atoms with Crippen molar-refractivity contribution in [1.29, 1.82) is 0 Å². The maximum Gasteiger partial charge on any atom is 0.295 e. The Kier molecular flexibility index (Phi) is 8.22. The van der Waals surface area contributed by atoms with Crippen LogP contribution in [-0.2, 0) is 16.2 Å². The highest BCUT2D eigenvalue weighted by Crippen LogP contribution is 2.41. The van der Waals surface area contributed by atoms with Crippen LogP contribution in [0.15, 0.2) is 72.3 Å². The van der Waals surface area contributed by atoms with Gasteiger partial charge in [0.1, 0.15) is 18.1 Å². The first-order valence-electron chi connectivity index (χ1n) is 11.8. The van der Waals surface area contributed by atoms with Gasteiger partial charge in [0.05, 0.1) is 21.7 Å². The summed E-state index contributed by atoms with van der Waals surface area (Å²) in [6.45, 7) is 3.06. The quantitative estimate of drug-likeness (QED) is 0.221. The van der Waals surface area contributed by atoms with Crippen LogP contribution in [0, 0.1) is 6.92 Å². The Morgan fingerprint density at radius 3 is 2.38 bits per heavy atom. The van der Waals surface area contributed by atoms with E-state index in [0.717, 1.165) is 5.56 Å². The normalized spacial score (nSPS) is 17.0. The summed E-state index contributed by atoms with van der Waals surface area (Å²) in [7, 11) is 3.77. The van der Waals surface area contributed by atoms with Gasteiger partial charge in [-0.2, -0.15) is 0 Å². The minimum atomic E-state index is -0.803. The lowest BCUT2D eigenvalue weighted by Crippen LogP contribution is -2.35. The van der Waals surface area contributed by atoms with Crippen LogP contribution in [0.25, 0.3) is 5.76 Å². The third-order valence-corrected chi connectivity index (χ3v) is 7.03. The molecule has 1 heterocycles. The van der Waals surface area contributed by atoms with E-state index in [4.69, 9.17) is 27.9 Å². The predicted molar refractivity (Wildman–Crippen MR) is 146 cm³/mol. The number of rotatable bonds is 8. The summed E-state index contributed by atoms with van der Waals surface area (Å²) in [4.78, 5) is 29.7. The van der Waals surface area contributed by atoms with Crippen LogP contribution >= 0.6 is 23.2 Å². The molecule has 0 spiro atoms. The van der Waals surface area contributed by atoms with Gasteiger partial charge in [0.25, 0.3) is 11.7 Å². The van der Waals surface area contributed by atoms with Gasteiger partial charge in [0.2, 0.25) is 0 Å². The van der Waals surface area contributed by atoms with Crippen LogP contribution in [0.1, 0.15) is 28.3 Å². The summed E-state index contributed by atoms with van der Waals surface area (Å²) in [5, 5.41) is 12.1. The van der Waals surface area contributed by atoms with Gasteiger partial charge in [0, 0.05) is 18.7 Å². The lowest BCUT2D eigenvalue weighted by atomic mass is 9.94. The molecule has 0 aliphatic carbocycles. The number of carbonyl (C=O) groups is 2. The summed E-state index contributed by atoms with van der Waals surface area (Å²) < 4.78 is 5.90. The maximum absolute atomic E-state index is 13.2. The monoisotopic (exact) mass is 538 g/mol. The largest absolute Gasteiger partial charge is 0.507 e. The maximum atomic E-state index is 13.2. The second kappa shape index (κ2) is 11.4. The van der Waals surface area contributed by atoms with Gasteiger partial charge in [-0.05, 0) is 68.0 Å². The molecule has 0 saturated carbocycles. The molecule has 1 saturated heterocycles. The topological polar surface area (TPSA) is 70.1 Å². The van der Waals surface area contributed by atoms with Crippen LogP contribution in [0.2, 0.25) is 10.0 Å². The molecule has 6 nitrogen and oxygen atoms in total. The number of likely N-dealkylation sites (N-methyl/N-ethyl adjacent to an activating group) is 1. The molecule has 4 rings (SSSR count). The number of aliphatic hydroxyl groups excluding tert-OH is 1. The number of halogens is 2. The second-order valence-corrected chi connectivity index (χ2v) is 10.0. The van der Waals surface area contributed by atoms with E-state index in [-0.39, 0.29) is 11.3 Å². The number of benzene rings is 3. The van der Waals surface area contributed by atoms with Gasteiger partial charge in [-0.3, -0.25) is 9.59 Å². The van der Waals surface area contributed by atoms with Crippen molar-refractivity contribution >= 4 is 40.7 Å². The molecule has 3 aromatic carbocycles. The van der Waals surface area contributed by atoms with Gasteiger partial charge >= 0.3 is 0 Å². The molecule has 192 valence electrons. The number of hydrogen-bond donors (Lipinski definition) is 1. The lowest BCUT2D eigenvalue weighted by Gasteiger charge is -2.27. The van der Waals surface area contributed by atoms with Crippen molar-refractivity contribution in [1.82, 2.24) is 9.80 Å². The molecule has 0 unspecified atom stereocenters. The van der Waals surface area contributed by atoms with E-state index in [0.29, 0.717) is 52.2 Å². The van der Waals surface area contributed by atoms with E-state index >= 15 is 0 Å². The molecule has 1 atom stereocenters.